The summed E-state index contributed by atoms with van der Waals surface area (Å²) in [5.41, 5.74) is 2.22. The second-order valence-electron chi connectivity index (χ2n) is 9.11. The Balaban J connectivity index is 1.87. The van der Waals surface area contributed by atoms with E-state index in [-0.39, 0.29) is 18.5 Å². The normalized spacial score (nSPS) is 15.0. The number of hydrogen-bond acceptors (Lipinski definition) is 4. The molecule has 0 bridgehead atoms. The van der Waals surface area contributed by atoms with Gasteiger partial charge in [0.05, 0.1) is 11.9 Å². The molecule has 35 heavy (non-hydrogen) atoms. The summed E-state index contributed by atoms with van der Waals surface area (Å²) in [6.07, 6.45) is 5.90. The highest BCUT2D eigenvalue weighted by atomic mass is 35.5. The summed E-state index contributed by atoms with van der Waals surface area (Å²) < 4.78 is 26.4. The van der Waals surface area contributed by atoms with E-state index < -0.39 is 28.5 Å². The topological polar surface area (TPSA) is 86.8 Å². The van der Waals surface area contributed by atoms with Crippen LogP contribution in [0.1, 0.15) is 50.7 Å². The van der Waals surface area contributed by atoms with Crippen molar-refractivity contribution in [2.45, 2.75) is 64.6 Å². The zero-order valence-corrected chi connectivity index (χ0v) is 22.1. The number of aryl methyl sites for hydroxylation is 1. The van der Waals surface area contributed by atoms with Crippen LogP contribution in [0.5, 0.6) is 0 Å². The van der Waals surface area contributed by atoms with Crippen molar-refractivity contribution < 1.29 is 18.0 Å². The third-order valence-corrected chi connectivity index (χ3v) is 7.80. The Morgan fingerprint density at radius 1 is 1.09 bits per heavy atom. The van der Waals surface area contributed by atoms with Crippen molar-refractivity contribution in [2.24, 2.45) is 0 Å². The minimum atomic E-state index is -3.75. The van der Waals surface area contributed by atoms with E-state index in [9.17, 15) is 18.0 Å². The van der Waals surface area contributed by atoms with Crippen molar-refractivity contribution in [2.75, 3.05) is 17.1 Å². The lowest BCUT2D eigenvalue weighted by molar-refractivity contribution is -0.139. The first kappa shape index (κ1) is 27.0. The summed E-state index contributed by atoms with van der Waals surface area (Å²) in [5.74, 6) is -0.713. The van der Waals surface area contributed by atoms with Gasteiger partial charge in [-0.3, -0.25) is 13.9 Å². The first-order chi connectivity index (χ1) is 16.6. The van der Waals surface area contributed by atoms with Gasteiger partial charge in [-0.05, 0) is 61.6 Å². The second kappa shape index (κ2) is 11.9. The van der Waals surface area contributed by atoms with Gasteiger partial charge >= 0.3 is 0 Å². The minimum absolute atomic E-state index is 0.109. The molecule has 0 heterocycles. The quantitative estimate of drug-likeness (QED) is 0.511. The van der Waals surface area contributed by atoms with Gasteiger partial charge < -0.3 is 10.2 Å². The number of anilines is 1. The van der Waals surface area contributed by atoms with Gasteiger partial charge in [0.1, 0.15) is 12.6 Å². The fourth-order valence-electron chi connectivity index (χ4n) is 4.32. The van der Waals surface area contributed by atoms with Crippen molar-refractivity contribution in [1.82, 2.24) is 10.2 Å². The van der Waals surface area contributed by atoms with E-state index in [2.05, 4.69) is 5.32 Å². The van der Waals surface area contributed by atoms with Crippen LogP contribution in [0.4, 0.5) is 5.69 Å². The predicted molar refractivity (Wildman–Crippen MR) is 140 cm³/mol. The molecule has 0 aliphatic heterocycles. The van der Waals surface area contributed by atoms with Gasteiger partial charge in [0, 0.05) is 17.6 Å². The predicted octanol–water partition coefficient (Wildman–Crippen LogP) is 4.14. The van der Waals surface area contributed by atoms with Crippen molar-refractivity contribution >= 4 is 39.1 Å². The second-order valence-corrected chi connectivity index (χ2v) is 11.5. The smallest absolute Gasteiger partial charge is 0.244 e. The Kier molecular flexibility index (Phi) is 9.19. The molecule has 0 spiro atoms. The van der Waals surface area contributed by atoms with E-state index in [1.54, 1.807) is 37.3 Å². The first-order valence-corrected chi connectivity index (χ1v) is 14.2. The molecule has 190 valence electrons. The molecule has 1 saturated carbocycles. The van der Waals surface area contributed by atoms with Crippen LogP contribution < -0.4 is 9.62 Å². The molecule has 0 radical (unpaired) electrons. The summed E-state index contributed by atoms with van der Waals surface area (Å²) in [7, 11) is -3.75. The molecular weight excluding hydrogens is 486 g/mol. The number of rotatable bonds is 10. The summed E-state index contributed by atoms with van der Waals surface area (Å²) in [6.45, 7) is 3.41. The number of sulfonamides is 1. The van der Waals surface area contributed by atoms with Crippen molar-refractivity contribution in [3.05, 3.63) is 64.7 Å². The number of nitrogens with zero attached hydrogens (tertiary/aromatic N) is 2. The molecule has 1 fully saturated rings. The van der Waals surface area contributed by atoms with Crippen LogP contribution >= 0.6 is 11.6 Å². The van der Waals surface area contributed by atoms with Gasteiger partial charge in [-0.15, -0.1) is 0 Å². The fourth-order valence-corrected chi connectivity index (χ4v) is 5.38. The molecule has 7 nitrogen and oxygen atoms in total. The zero-order chi connectivity index (χ0) is 25.6. The number of carbonyl (C=O) groups excluding carboxylic acids is 2. The monoisotopic (exact) mass is 519 g/mol. The summed E-state index contributed by atoms with van der Waals surface area (Å²) in [4.78, 5) is 28.1. The maximum Gasteiger partial charge on any atom is 0.244 e. The number of nitrogens with one attached hydrogen (secondary N) is 1. The number of amides is 2. The van der Waals surface area contributed by atoms with Crippen molar-refractivity contribution in [1.29, 1.82) is 0 Å². The SMILES string of the molecule is CCc1ccc(N(CC(=O)N(Cc2cccc(Cl)c2)[C@@H](C)C(=O)NC2CCCC2)S(C)(=O)=O)cc1. The van der Waals surface area contributed by atoms with Crippen LogP contribution in [0, 0.1) is 0 Å². The zero-order valence-electron chi connectivity index (χ0n) is 20.5. The summed E-state index contributed by atoms with van der Waals surface area (Å²) in [5, 5.41) is 3.57. The highest BCUT2D eigenvalue weighted by molar-refractivity contribution is 7.92. The number of hydrogen-bond donors (Lipinski definition) is 1. The summed E-state index contributed by atoms with van der Waals surface area (Å²) >= 11 is 6.14. The van der Waals surface area contributed by atoms with Crippen LogP contribution in [-0.4, -0.2) is 50.0 Å². The Bertz CT molecular complexity index is 1130. The van der Waals surface area contributed by atoms with Crippen LogP contribution in [0.3, 0.4) is 0 Å². The number of halogens is 1. The third-order valence-electron chi connectivity index (χ3n) is 6.42. The van der Waals surface area contributed by atoms with E-state index in [0.29, 0.717) is 10.7 Å². The lowest BCUT2D eigenvalue weighted by Crippen LogP contribution is -2.52. The Labute approximate surface area is 213 Å². The standard InChI is InChI=1S/C26H34ClN3O4S/c1-4-20-12-14-24(15-13-20)30(35(3,33)34)18-25(31)29(17-21-8-7-9-22(27)16-21)19(2)26(32)28-23-10-5-6-11-23/h7-9,12-16,19,23H,4-6,10-11,17-18H2,1-3H3,(H,28,32)/t19-/m0/s1. The number of benzene rings is 2. The van der Waals surface area contributed by atoms with E-state index in [1.165, 1.54) is 4.90 Å². The van der Waals surface area contributed by atoms with Crippen LogP contribution in [0.2, 0.25) is 5.02 Å². The molecule has 1 aliphatic rings. The Morgan fingerprint density at radius 2 is 1.74 bits per heavy atom. The van der Waals surface area contributed by atoms with Gasteiger partial charge in [-0.1, -0.05) is 55.6 Å². The molecule has 1 N–H and O–H groups in total. The van der Waals surface area contributed by atoms with Crippen LogP contribution in [0.15, 0.2) is 48.5 Å². The molecule has 3 rings (SSSR count). The van der Waals surface area contributed by atoms with Crippen LogP contribution in [0.25, 0.3) is 0 Å². The Morgan fingerprint density at radius 3 is 2.31 bits per heavy atom. The average Bonchev–Trinajstić information content (AvgIpc) is 3.33. The van der Waals surface area contributed by atoms with Gasteiger partial charge in [0.15, 0.2) is 0 Å². The molecule has 2 aromatic carbocycles. The van der Waals surface area contributed by atoms with Gasteiger partial charge in [-0.25, -0.2) is 8.42 Å². The number of carbonyl (C=O) groups is 2. The largest absolute Gasteiger partial charge is 0.352 e. The molecule has 0 unspecified atom stereocenters. The maximum atomic E-state index is 13.6. The van der Waals surface area contributed by atoms with Crippen molar-refractivity contribution in [3.8, 4) is 0 Å². The molecule has 9 heteroatoms. The highest BCUT2D eigenvalue weighted by Gasteiger charge is 2.31. The van der Waals surface area contributed by atoms with E-state index >= 15 is 0 Å². The molecule has 0 saturated heterocycles. The lowest BCUT2D eigenvalue weighted by atomic mass is 10.1. The molecule has 1 aliphatic carbocycles. The molecule has 2 amide bonds. The van der Waals surface area contributed by atoms with Crippen LogP contribution in [-0.2, 0) is 32.6 Å². The summed E-state index contributed by atoms with van der Waals surface area (Å²) in [6, 6.07) is 13.5. The molecule has 0 aromatic heterocycles. The van der Waals surface area contributed by atoms with Gasteiger partial charge in [0.2, 0.25) is 21.8 Å². The van der Waals surface area contributed by atoms with E-state index in [4.69, 9.17) is 11.6 Å². The van der Waals surface area contributed by atoms with E-state index in [1.807, 2.05) is 25.1 Å². The Hall–Kier alpha value is -2.58. The first-order valence-electron chi connectivity index (χ1n) is 12.0. The molecule has 1 atom stereocenters. The molecular formula is C26H34ClN3O4S. The van der Waals surface area contributed by atoms with Crippen molar-refractivity contribution in [3.63, 3.8) is 0 Å². The van der Waals surface area contributed by atoms with Gasteiger partial charge in [-0.2, -0.15) is 0 Å². The maximum absolute atomic E-state index is 13.6. The fraction of sp³-hybridized carbons (Fsp3) is 0.462. The highest BCUT2D eigenvalue weighted by Crippen LogP contribution is 2.22. The average molecular weight is 520 g/mol. The lowest BCUT2D eigenvalue weighted by Gasteiger charge is -2.32. The van der Waals surface area contributed by atoms with E-state index in [0.717, 1.165) is 53.8 Å². The third kappa shape index (κ3) is 7.45. The molecule has 2 aromatic rings. The minimum Gasteiger partial charge on any atom is -0.352 e. The van der Waals surface area contributed by atoms with Gasteiger partial charge in [0.25, 0.3) is 0 Å².